The summed E-state index contributed by atoms with van der Waals surface area (Å²) < 4.78 is 5.78. The van der Waals surface area contributed by atoms with Gasteiger partial charge in [0.2, 0.25) is 0 Å². The molecule has 0 fully saturated rings. The minimum atomic E-state index is -0.210. The highest BCUT2D eigenvalue weighted by Crippen LogP contribution is 2.25. The lowest BCUT2D eigenvalue weighted by molar-refractivity contribution is -0.119. The van der Waals surface area contributed by atoms with Crippen molar-refractivity contribution in [1.29, 1.82) is 0 Å². The summed E-state index contributed by atoms with van der Waals surface area (Å²) in [5.41, 5.74) is 2.68. The summed E-state index contributed by atoms with van der Waals surface area (Å²) in [7, 11) is 0. The predicted molar refractivity (Wildman–Crippen MR) is 126 cm³/mol. The van der Waals surface area contributed by atoms with Crippen LogP contribution in [-0.4, -0.2) is 18.4 Å². The number of hydrogen-bond donors (Lipinski definition) is 1. The minimum Gasteiger partial charge on any atom is -0.484 e. The maximum Gasteiger partial charge on any atom is 0.269 e. The van der Waals surface area contributed by atoms with Gasteiger partial charge in [0.15, 0.2) is 6.61 Å². The molecule has 4 aromatic carbocycles. The molecule has 0 spiro atoms. The van der Waals surface area contributed by atoms with E-state index in [1.54, 1.807) is 41.3 Å². The van der Waals surface area contributed by atoms with Crippen LogP contribution in [0.4, 0.5) is 17.1 Å². The van der Waals surface area contributed by atoms with Crippen LogP contribution in [-0.2, 0) is 4.79 Å². The summed E-state index contributed by atoms with van der Waals surface area (Å²) in [6, 6.07) is 34.8. The van der Waals surface area contributed by atoms with Gasteiger partial charge < -0.3 is 10.1 Å². The predicted octanol–water partition coefficient (Wildman–Crippen LogP) is 5.68. The fourth-order valence-corrected chi connectivity index (χ4v) is 3.26. The van der Waals surface area contributed by atoms with Crippen molar-refractivity contribution in [2.75, 3.05) is 16.8 Å². The van der Waals surface area contributed by atoms with Crippen LogP contribution in [0, 0.1) is 0 Å². The molecule has 32 heavy (non-hydrogen) atoms. The summed E-state index contributed by atoms with van der Waals surface area (Å²) in [6.45, 7) is -0.153. The van der Waals surface area contributed by atoms with Crippen molar-refractivity contribution in [3.63, 3.8) is 0 Å². The van der Waals surface area contributed by atoms with E-state index < -0.39 is 0 Å². The van der Waals surface area contributed by atoms with Crippen LogP contribution in [0.25, 0.3) is 0 Å². The number of amides is 2. The topological polar surface area (TPSA) is 58.6 Å². The Labute approximate surface area is 186 Å². The molecule has 0 saturated heterocycles. The summed E-state index contributed by atoms with van der Waals surface area (Å²) in [4.78, 5) is 27.1. The average Bonchev–Trinajstić information content (AvgIpc) is 2.85. The van der Waals surface area contributed by atoms with E-state index in [0.29, 0.717) is 17.0 Å². The lowest BCUT2D eigenvalue weighted by Gasteiger charge is -2.23. The molecule has 0 aliphatic carbocycles. The SMILES string of the molecule is O=C(Nc1cccc(OCC(=O)N(c2ccccc2)c2ccccc2)c1)c1ccccc1. The Balaban J connectivity index is 1.46. The van der Waals surface area contributed by atoms with Gasteiger partial charge >= 0.3 is 0 Å². The molecule has 0 aliphatic rings. The highest BCUT2D eigenvalue weighted by molar-refractivity contribution is 6.04. The fourth-order valence-electron chi connectivity index (χ4n) is 3.26. The Morgan fingerprint density at radius 3 is 1.84 bits per heavy atom. The molecule has 0 heterocycles. The number of nitrogens with one attached hydrogen (secondary N) is 1. The Hall–Kier alpha value is -4.38. The normalized spacial score (nSPS) is 10.2. The van der Waals surface area contributed by atoms with Gasteiger partial charge in [-0.05, 0) is 48.5 Å². The molecular weight excluding hydrogens is 400 g/mol. The molecule has 0 aromatic heterocycles. The molecule has 0 unspecified atom stereocenters. The zero-order valence-corrected chi connectivity index (χ0v) is 17.3. The molecule has 2 amide bonds. The van der Waals surface area contributed by atoms with E-state index in [2.05, 4.69) is 5.32 Å². The number of para-hydroxylation sites is 2. The van der Waals surface area contributed by atoms with Gasteiger partial charge in [0.25, 0.3) is 11.8 Å². The molecule has 0 bridgehead atoms. The second-order valence-corrected chi connectivity index (χ2v) is 7.04. The van der Waals surface area contributed by atoms with E-state index in [-0.39, 0.29) is 18.4 Å². The molecule has 5 nitrogen and oxygen atoms in total. The van der Waals surface area contributed by atoms with Crippen LogP contribution < -0.4 is 15.0 Å². The highest BCUT2D eigenvalue weighted by atomic mass is 16.5. The number of hydrogen-bond acceptors (Lipinski definition) is 3. The van der Waals surface area contributed by atoms with Gasteiger partial charge in [0.1, 0.15) is 5.75 Å². The highest BCUT2D eigenvalue weighted by Gasteiger charge is 2.18. The third kappa shape index (κ3) is 5.21. The van der Waals surface area contributed by atoms with Crippen molar-refractivity contribution in [2.45, 2.75) is 0 Å². The number of carbonyl (C=O) groups is 2. The van der Waals surface area contributed by atoms with Crippen molar-refractivity contribution in [1.82, 2.24) is 0 Å². The maximum atomic E-state index is 13.1. The van der Waals surface area contributed by atoms with Crippen LogP contribution >= 0.6 is 0 Å². The van der Waals surface area contributed by atoms with Gasteiger partial charge in [0, 0.05) is 28.7 Å². The number of rotatable bonds is 7. The fraction of sp³-hybridized carbons (Fsp3) is 0.0370. The van der Waals surface area contributed by atoms with Crippen molar-refractivity contribution >= 4 is 28.9 Å². The second-order valence-electron chi connectivity index (χ2n) is 7.04. The Kier molecular flexibility index (Phi) is 6.58. The Bertz CT molecular complexity index is 1140. The zero-order valence-electron chi connectivity index (χ0n) is 17.3. The van der Waals surface area contributed by atoms with Gasteiger partial charge in [-0.3, -0.25) is 14.5 Å². The van der Waals surface area contributed by atoms with Crippen LogP contribution in [0.3, 0.4) is 0 Å². The second kappa shape index (κ2) is 10.1. The van der Waals surface area contributed by atoms with Crippen molar-refractivity contribution < 1.29 is 14.3 Å². The van der Waals surface area contributed by atoms with Crippen molar-refractivity contribution in [3.8, 4) is 5.75 Å². The van der Waals surface area contributed by atoms with E-state index in [1.807, 2.05) is 78.9 Å². The van der Waals surface area contributed by atoms with E-state index in [0.717, 1.165) is 11.4 Å². The molecule has 4 aromatic rings. The van der Waals surface area contributed by atoms with E-state index in [9.17, 15) is 9.59 Å². The maximum absolute atomic E-state index is 13.1. The first-order chi connectivity index (χ1) is 15.7. The first kappa shape index (κ1) is 20.9. The summed E-state index contributed by atoms with van der Waals surface area (Å²) in [5.74, 6) is 0.0737. The van der Waals surface area contributed by atoms with E-state index in [1.165, 1.54) is 0 Å². The summed E-state index contributed by atoms with van der Waals surface area (Å²) in [6.07, 6.45) is 0. The van der Waals surface area contributed by atoms with Crippen LogP contribution in [0.1, 0.15) is 10.4 Å². The third-order valence-electron chi connectivity index (χ3n) is 4.77. The molecule has 0 aliphatic heterocycles. The van der Waals surface area contributed by atoms with Crippen LogP contribution in [0.2, 0.25) is 0 Å². The zero-order chi connectivity index (χ0) is 22.2. The number of benzene rings is 4. The van der Waals surface area contributed by atoms with Gasteiger partial charge in [-0.2, -0.15) is 0 Å². The molecule has 158 valence electrons. The molecule has 0 saturated carbocycles. The smallest absolute Gasteiger partial charge is 0.269 e. The molecule has 4 rings (SSSR count). The van der Waals surface area contributed by atoms with Gasteiger partial charge in [0.05, 0.1) is 0 Å². The first-order valence-corrected chi connectivity index (χ1v) is 10.2. The lowest BCUT2D eigenvalue weighted by Crippen LogP contribution is -2.30. The lowest BCUT2D eigenvalue weighted by atomic mass is 10.2. The number of carbonyl (C=O) groups excluding carboxylic acids is 2. The van der Waals surface area contributed by atoms with Gasteiger partial charge in [-0.25, -0.2) is 0 Å². The first-order valence-electron chi connectivity index (χ1n) is 10.2. The Morgan fingerprint density at radius 2 is 1.25 bits per heavy atom. The molecule has 5 heteroatoms. The molecular formula is C27H22N2O3. The average molecular weight is 422 g/mol. The quantitative estimate of drug-likeness (QED) is 0.417. The van der Waals surface area contributed by atoms with Crippen LogP contribution in [0.5, 0.6) is 5.75 Å². The standard InChI is InChI=1S/C27H22N2O3/c30-26(29(23-14-6-2-7-15-23)24-16-8-3-9-17-24)20-32-25-18-10-13-22(19-25)28-27(31)21-11-4-1-5-12-21/h1-19H,20H2,(H,28,31). The van der Waals surface area contributed by atoms with Crippen molar-refractivity contribution in [3.05, 3.63) is 121 Å². The van der Waals surface area contributed by atoms with E-state index in [4.69, 9.17) is 4.74 Å². The monoisotopic (exact) mass is 422 g/mol. The summed E-state index contributed by atoms with van der Waals surface area (Å²) >= 11 is 0. The number of ether oxygens (including phenoxy) is 1. The molecule has 0 radical (unpaired) electrons. The van der Waals surface area contributed by atoms with Crippen molar-refractivity contribution in [2.24, 2.45) is 0 Å². The van der Waals surface area contributed by atoms with Gasteiger partial charge in [-0.1, -0.05) is 60.7 Å². The third-order valence-corrected chi connectivity index (χ3v) is 4.77. The number of nitrogens with zero attached hydrogens (tertiary/aromatic N) is 1. The van der Waals surface area contributed by atoms with Gasteiger partial charge in [-0.15, -0.1) is 0 Å². The largest absolute Gasteiger partial charge is 0.484 e. The minimum absolute atomic E-state index is 0.153. The summed E-state index contributed by atoms with van der Waals surface area (Å²) in [5, 5.41) is 2.85. The molecule has 0 atom stereocenters. The molecule has 1 N–H and O–H groups in total. The number of anilines is 3. The Morgan fingerprint density at radius 1 is 0.688 bits per heavy atom. The van der Waals surface area contributed by atoms with E-state index >= 15 is 0 Å². The van der Waals surface area contributed by atoms with Crippen LogP contribution in [0.15, 0.2) is 115 Å².